The van der Waals surface area contributed by atoms with E-state index in [1.165, 1.54) is 27.8 Å². The van der Waals surface area contributed by atoms with Crippen molar-refractivity contribution >= 4 is 38.5 Å². The Morgan fingerprint density at radius 3 is 2.21 bits per heavy atom. The molecule has 43 heavy (non-hydrogen) atoms. The van der Waals surface area contributed by atoms with E-state index in [-0.39, 0.29) is 17.5 Å². The molecule has 0 aliphatic carbocycles. The van der Waals surface area contributed by atoms with Crippen LogP contribution in [0.5, 0.6) is 0 Å². The molecule has 1 aromatic heterocycles. The molecule has 0 amide bonds. The summed E-state index contributed by atoms with van der Waals surface area (Å²) in [5.41, 5.74) is 13.5. The summed E-state index contributed by atoms with van der Waals surface area (Å²) in [6, 6.07) is 18.1. The average molecular weight is 630 g/mol. The Labute approximate surface area is 262 Å². The molecule has 2 unspecified atom stereocenters. The van der Waals surface area contributed by atoms with Crippen LogP contribution in [0.15, 0.2) is 105 Å². The number of H-pyrrole nitrogens is 1. The van der Waals surface area contributed by atoms with Crippen LogP contribution in [-0.2, 0) is 0 Å². The van der Waals surface area contributed by atoms with Crippen LogP contribution in [0, 0.1) is 33.1 Å². The van der Waals surface area contributed by atoms with Crippen molar-refractivity contribution in [1.29, 1.82) is 0 Å². The van der Waals surface area contributed by atoms with Crippen LogP contribution in [0.2, 0.25) is 0 Å². The molecular weight excluding hydrogens is 592 g/mol. The van der Waals surface area contributed by atoms with E-state index in [1.54, 1.807) is 0 Å². The molecule has 7 rings (SSSR count). The molecule has 3 aromatic rings. The Morgan fingerprint density at radius 1 is 0.791 bits per heavy atom. The Hall–Kier alpha value is -3.80. The monoisotopic (exact) mass is 628 g/mol. The normalized spacial score (nSPS) is 27.3. The molecule has 5 heteroatoms. The molecule has 8 bridgehead atoms. The fourth-order valence-corrected chi connectivity index (χ4v) is 7.48. The summed E-state index contributed by atoms with van der Waals surface area (Å²) in [5, 5.41) is 5.95. The van der Waals surface area contributed by atoms with Gasteiger partial charge in [0.2, 0.25) is 0 Å². The fraction of sp³-hybridized carbons (Fsp3) is 0.263. The molecule has 1 saturated heterocycles. The molecule has 4 nitrogen and oxygen atoms in total. The highest BCUT2D eigenvalue weighted by Gasteiger charge is 2.39. The number of hydrogen-bond acceptors (Lipinski definition) is 3. The van der Waals surface area contributed by atoms with Gasteiger partial charge in [-0.25, -0.2) is 9.98 Å². The minimum absolute atomic E-state index is 0.0704. The molecule has 0 radical (unpaired) electrons. The predicted octanol–water partition coefficient (Wildman–Crippen LogP) is 6.93. The van der Waals surface area contributed by atoms with Gasteiger partial charge >= 0.3 is 0 Å². The Kier molecular flexibility index (Phi) is 6.79. The van der Waals surface area contributed by atoms with E-state index in [0.717, 1.165) is 61.1 Å². The van der Waals surface area contributed by atoms with Crippen LogP contribution in [0.25, 0.3) is 11.1 Å². The zero-order chi connectivity index (χ0) is 30.0. The van der Waals surface area contributed by atoms with E-state index in [4.69, 9.17) is 9.98 Å². The molecule has 2 N–H and O–H groups in total. The second-order valence-corrected chi connectivity index (χ2v) is 13.9. The number of fused-ring (bicyclic) bond motifs is 6. The fourth-order valence-electron chi connectivity index (χ4n) is 7.04. The lowest BCUT2D eigenvalue weighted by atomic mass is 9.83. The molecule has 2 atom stereocenters. The van der Waals surface area contributed by atoms with Gasteiger partial charge in [-0.1, -0.05) is 61.4 Å². The lowest BCUT2D eigenvalue weighted by Crippen LogP contribution is -2.32. The Balaban J connectivity index is 1.58. The minimum atomic E-state index is 0.0704. The largest absolute Gasteiger partial charge is 0.354 e. The number of benzene rings is 2. The van der Waals surface area contributed by atoms with Gasteiger partial charge in [0, 0.05) is 38.4 Å². The van der Waals surface area contributed by atoms with Gasteiger partial charge in [-0.05, 0) is 120 Å². The van der Waals surface area contributed by atoms with Crippen LogP contribution in [0.3, 0.4) is 0 Å². The van der Waals surface area contributed by atoms with Crippen molar-refractivity contribution in [2.75, 3.05) is 0 Å². The van der Waals surface area contributed by atoms with Crippen LogP contribution in [0.1, 0.15) is 53.6 Å². The van der Waals surface area contributed by atoms with E-state index in [2.05, 4.69) is 147 Å². The third kappa shape index (κ3) is 5.09. The summed E-state index contributed by atoms with van der Waals surface area (Å²) >= 11 is 3.87. The molecule has 4 aliphatic rings. The lowest BCUT2D eigenvalue weighted by Gasteiger charge is -2.23. The summed E-state index contributed by atoms with van der Waals surface area (Å²) in [6.45, 7) is 13.4. The van der Waals surface area contributed by atoms with Gasteiger partial charge in [-0.15, -0.1) is 0 Å². The van der Waals surface area contributed by atoms with Crippen molar-refractivity contribution in [3.63, 3.8) is 0 Å². The molecule has 2 aromatic carbocycles. The maximum absolute atomic E-state index is 5.27. The number of hydrogen-bond donors (Lipinski definition) is 2. The smallest absolute Gasteiger partial charge is 0.0755 e. The van der Waals surface area contributed by atoms with Crippen molar-refractivity contribution in [2.24, 2.45) is 15.4 Å². The summed E-state index contributed by atoms with van der Waals surface area (Å²) in [7, 11) is 0. The number of aromatic amines is 1. The molecule has 216 valence electrons. The number of halogens is 1. The van der Waals surface area contributed by atoms with Crippen LogP contribution in [-0.4, -0.2) is 28.5 Å². The molecule has 1 fully saturated rings. The van der Waals surface area contributed by atoms with E-state index < -0.39 is 0 Å². The third-order valence-corrected chi connectivity index (χ3v) is 9.73. The van der Waals surface area contributed by atoms with Gasteiger partial charge in [-0.2, -0.15) is 0 Å². The molecule has 0 spiro atoms. The quantitative estimate of drug-likeness (QED) is 0.318. The van der Waals surface area contributed by atoms with Crippen molar-refractivity contribution in [3.05, 3.63) is 139 Å². The first-order valence-corrected chi connectivity index (χ1v) is 15.9. The van der Waals surface area contributed by atoms with Gasteiger partial charge in [0.15, 0.2) is 0 Å². The first-order chi connectivity index (χ1) is 20.6. The highest BCUT2D eigenvalue weighted by atomic mass is 79.9. The zero-order valence-electron chi connectivity index (χ0n) is 25.6. The van der Waals surface area contributed by atoms with Gasteiger partial charge in [-0.3, -0.25) is 0 Å². The highest BCUT2D eigenvalue weighted by molar-refractivity contribution is 9.12. The van der Waals surface area contributed by atoms with Crippen LogP contribution < -0.4 is 16.0 Å². The second-order valence-electron chi connectivity index (χ2n) is 13.1. The Bertz CT molecular complexity index is 1970. The highest BCUT2D eigenvalue weighted by Crippen LogP contribution is 2.38. The number of aliphatic imine (C=N–C) groups is 2. The third-order valence-electron chi connectivity index (χ3n) is 9.09. The van der Waals surface area contributed by atoms with Gasteiger partial charge in [0.25, 0.3) is 0 Å². The van der Waals surface area contributed by atoms with Crippen LogP contribution >= 0.6 is 15.9 Å². The molecule has 0 saturated carbocycles. The second kappa shape index (κ2) is 10.4. The molecule has 4 aliphatic heterocycles. The number of nitrogens with one attached hydrogen (secondary N) is 2. The van der Waals surface area contributed by atoms with E-state index >= 15 is 0 Å². The van der Waals surface area contributed by atoms with E-state index in [9.17, 15) is 0 Å². The maximum atomic E-state index is 5.27. The SMILES string of the molecule is Cc1ccc(/C2=c3\cc/c([nH]3)=C(\c3c(C)cc(C)cc3C)C3=N/C(=C\C4CC(C)(C)C(/C=C5/C=CC2=N5)N4)C(Br)=C3)cc1. The summed E-state index contributed by atoms with van der Waals surface area (Å²) in [5.74, 6) is 0. The first kappa shape index (κ1) is 28.0. The Morgan fingerprint density at radius 2 is 1.49 bits per heavy atom. The van der Waals surface area contributed by atoms with Crippen molar-refractivity contribution in [2.45, 2.75) is 60.0 Å². The standard InChI is InChI=1S/C38H37BrN4/c1-21-7-9-25(10-8-21)36-29-12-11-26(40-29)18-34-38(5,6)20-27(41-34)17-32-28(39)19-33(43-32)37(31-14-13-30(36)42-31)35-23(3)15-22(2)16-24(35)4/h7-19,27,34,41-42H,20H2,1-6H3/b26-18-,32-17-,36-30-,37-31+. The lowest BCUT2D eigenvalue weighted by molar-refractivity contribution is 0.355. The van der Waals surface area contributed by atoms with Crippen molar-refractivity contribution in [3.8, 4) is 0 Å². The van der Waals surface area contributed by atoms with E-state index in [1.807, 2.05) is 0 Å². The first-order valence-electron chi connectivity index (χ1n) is 15.1. The van der Waals surface area contributed by atoms with Crippen molar-refractivity contribution in [1.82, 2.24) is 10.3 Å². The van der Waals surface area contributed by atoms with Gasteiger partial charge in [0.1, 0.15) is 0 Å². The number of allylic oxidation sites excluding steroid dienone is 4. The van der Waals surface area contributed by atoms with Crippen LogP contribution in [0.4, 0.5) is 0 Å². The maximum Gasteiger partial charge on any atom is 0.0755 e. The van der Waals surface area contributed by atoms with Gasteiger partial charge in [0.05, 0.1) is 22.8 Å². The number of rotatable bonds is 2. The predicted molar refractivity (Wildman–Crippen MR) is 183 cm³/mol. The molecule has 5 heterocycles. The number of aromatic nitrogens is 1. The topological polar surface area (TPSA) is 52.5 Å². The summed E-state index contributed by atoms with van der Waals surface area (Å²) in [6.07, 6.45) is 12.1. The molecular formula is C38H37BrN4. The number of nitrogens with zero attached hydrogens (tertiary/aromatic N) is 2. The van der Waals surface area contributed by atoms with Crippen molar-refractivity contribution < 1.29 is 0 Å². The average Bonchev–Trinajstić information content (AvgIpc) is 3.72. The van der Waals surface area contributed by atoms with E-state index in [0.29, 0.717) is 0 Å². The summed E-state index contributed by atoms with van der Waals surface area (Å²) in [4.78, 5) is 14.3. The summed E-state index contributed by atoms with van der Waals surface area (Å²) < 4.78 is 1.01. The van der Waals surface area contributed by atoms with Gasteiger partial charge < -0.3 is 10.3 Å². The minimum Gasteiger partial charge on any atom is -0.354 e. The number of aryl methyl sites for hydroxylation is 4. The zero-order valence-corrected chi connectivity index (χ0v) is 27.2.